The molecule has 0 aliphatic rings. The van der Waals surface area contributed by atoms with Crippen molar-refractivity contribution in [3.8, 4) is 22.8 Å². The number of halogens is 1. The molecule has 0 radical (unpaired) electrons. The number of aromatic nitrogens is 3. The highest BCUT2D eigenvalue weighted by Gasteiger charge is 2.13. The summed E-state index contributed by atoms with van der Waals surface area (Å²) in [7, 11) is 3.06. The Balaban J connectivity index is 1.93. The Labute approximate surface area is 155 Å². The second kappa shape index (κ2) is 7.99. The lowest BCUT2D eigenvalue weighted by Crippen LogP contribution is -2.01. The SMILES string of the molecule is COc1cc(Nc2nccc(-c3ccnc(Cl)c3)n2)cc(CO)c1OC. The maximum Gasteiger partial charge on any atom is 0.227 e. The van der Waals surface area contributed by atoms with Crippen molar-refractivity contribution in [1.29, 1.82) is 0 Å². The second-order valence-corrected chi connectivity index (χ2v) is 5.67. The third-order valence-electron chi connectivity index (χ3n) is 3.66. The van der Waals surface area contributed by atoms with Gasteiger partial charge < -0.3 is 19.9 Å². The van der Waals surface area contributed by atoms with Gasteiger partial charge in [-0.1, -0.05) is 11.6 Å². The van der Waals surface area contributed by atoms with E-state index in [1.165, 1.54) is 14.2 Å². The summed E-state index contributed by atoms with van der Waals surface area (Å²) in [6.45, 7) is -0.189. The van der Waals surface area contributed by atoms with E-state index in [1.54, 1.807) is 36.7 Å². The molecule has 2 heterocycles. The maximum absolute atomic E-state index is 9.57. The first-order valence-electron chi connectivity index (χ1n) is 7.72. The van der Waals surface area contributed by atoms with Crippen molar-refractivity contribution >= 4 is 23.2 Å². The Kier molecular flexibility index (Phi) is 5.50. The van der Waals surface area contributed by atoms with Crippen LogP contribution in [0.4, 0.5) is 11.6 Å². The van der Waals surface area contributed by atoms with Crippen molar-refractivity contribution in [2.75, 3.05) is 19.5 Å². The van der Waals surface area contributed by atoms with E-state index in [4.69, 9.17) is 21.1 Å². The van der Waals surface area contributed by atoms with E-state index in [2.05, 4.69) is 20.3 Å². The molecular weight excluding hydrogens is 356 g/mol. The van der Waals surface area contributed by atoms with Crippen molar-refractivity contribution in [2.24, 2.45) is 0 Å². The van der Waals surface area contributed by atoms with Gasteiger partial charge in [0.15, 0.2) is 11.5 Å². The van der Waals surface area contributed by atoms with E-state index in [0.29, 0.717) is 39.5 Å². The minimum atomic E-state index is -0.189. The van der Waals surface area contributed by atoms with Gasteiger partial charge in [-0.15, -0.1) is 0 Å². The van der Waals surface area contributed by atoms with Gasteiger partial charge in [0.1, 0.15) is 5.15 Å². The monoisotopic (exact) mass is 372 g/mol. The molecular formula is C18H17ClN4O3. The number of nitrogens with one attached hydrogen (secondary N) is 1. The number of hydrogen-bond acceptors (Lipinski definition) is 7. The number of anilines is 2. The van der Waals surface area contributed by atoms with Crippen LogP contribution >= 0.6 is 11.6 Å². The largest absolute Gasteiger partial charge is 0.493 e. The summed E-state index contributed by atoms with van der Waals surface area (Å²) in [6, 6.07) is 8.83. The van der Waals surface area contributed by atoms with E-state index >= 15 is 0 Å². The molecule has 134 valence electrons. The third-order valence-corrected chi connectivity index (χ3v) is 3.87. The number of benzene rings is 1. The first kappa shape index (κ1) is 17.9. The molecule has 3 aromatic rings. The molecule has 0 unspecified atom stereocenters. The van der Waals surface area contributed by atoms with Crippen LogP contribution in [0, 0.1) is 0 Å². The smallest absolute Gasteiger partial charge is 0.227 e. The van der Waals surface area contributed by atoms with E-state index in [9.17, 15) is 5.11 Å². The van der Waals surface area contributed by atoms with Gasteiger partial charge in [-0.25, -0.2) is 15.0 Å². The Bertz CT molecular complexity index is 895. The van der Waals surface area contributed by atoms with Crippen LogP contribution in [0.1, 0.15) is 5.56 Å². The van der Waals surface area contributed by atoms with Crippen molar-refractivity contribution in [3.05, 3.63) is 53.4 Å². The predicted octanol–water partition coefficient (Wildman–Crippen LogP) is 3.45. The normalized spacial score (nSPS) is 10.5. The molecule has 2 N–H and O–H groups in total. The van der Waals surface area contributed by atoms with E-state index in [-0.39, 0.29) is 6.61 Å². The Morgan fingerprint density at radius 3 is 2.58 bits per heavy atom. The van der Waals surface area contributed by atoms with Crippen molar-refractivity contribution < 1.29 is 14.6 Å². The van der Waals surface area contributed by atoms with Crippen LogP contribution in [-0.4, -0.2) is 34.3 Å². The molecule has 0 atom stereocenters. The number of rotatable bonds is 6. The maximum atomic E-state index is 9.57. The van der Waals surface area contributed by atoms with Gasteiger partial charge in [-0.05, 0) is 24.3 Å². The van der Waals surface area contributed by atoms with Gasteiger partial charge in [0.05, 0.1) is 26.5 Å². The molecule has 7 nitrogen and oxygen atoms in total. The zero-order valence-corrected chi connectivity index (χ0v) is 15.0. The topological polar surface area (TPSA) is 89.4 Å². The molecule has 0 fully saturated rings. The molecule has 26 heavy (non-hydrogen) atoms. The fraction of sp³-hybridized carbons (Fsp3) is 0.167. The van der Waals surface area contributed by atoms with Crippen LogP contribution in [0.5, 0.6) is 11.5 Å². The molecule has 0 aliphatic heterocycles. The van der Waals surface area contributed by atoms with Crippen LogP contribution in [0.2, 0.25) is 5.15 Å². The fourth-order valence-electron chi connectivity index (χ4n) is 2.50. The minimum absolute atomic E-state index is 0.189. The molecule has 1 aromatic carbocycles. The summed E-state index contributed by atoms with van der Waals surface area (Å²) in [5.74, 6) is 1.38. The second-order valence-electron chi connectivity index (χ2n) is 5.29. The lowest BCUT2D eigenvalue weighted by molar-refractivity contribution is 0.270. The van der Waals surface area contributed by atoms with Crippen LogP contribution in [0.15, 0.2) is 42.7 Å². The zero-order chi connectivity index (χ0) is 18.5. The lowest BCUT2D eigenvalue weighted by atomic mass is 10.1. The number of hydrogen-bond donors (Lipinski definition) is 2. The van der Waals surface area contributed by atoms with Crippen molar-refractivity contribution in [3.63, 3.8) is 0 Å². The van der Waals surface area contributed by atoms with Gasteiger partial charge in [0.25, 0.3) is 0 Å². The van der Waals surface area contributed by atoms with Crippen molar-refractivity contribution in [2.45, 2.75) is 6.61 Å². The molecule has 0 spiro atoms. The fourth-order valence-corrected chi connectivity index (χ4v) is 2.68. The quantitative estimate of drug-likeness (QED) is 0.640. The van der Waals surface area contributed by atoms with Gasteiger partial charge in [0.2, 0.25) is 5.95 Å². The molecule has 2 aromatic heterocycles. The van der Waals surface area contributed by atoms with Gasteiger partial charge in [-0.2, -0.15) is 0 Å². The highest BCUT2D eigenvalue weighted by atomic mass is 35.5. The molecule has 8 heteroatoms. The summed E-state index contributed by atoms with van der Waals surface area (Å²) < 4.78 is 10.6. The average Bonchev–Trinajstić information content (AvgIpc) is 2.67. The molecule has 0 saturated heterocycles. The zero-order valence-electron chi connectivity index (χ0n) is 14.2. The van der Waals surface area contributed by atoms with Gasteiger partial charge in [0, 0.05) is 35.3 Å². The molecule has 0 amide bonds. The number of pyridine rings is 1. The lowest BCUT2D eigenvalue weighted by Gasteiger charge is -2.14. The Hall–Kier alpha value is -2.90. The highest BCUT2D eigenvalue weighted by molar-refractivity contribution is 6.29. The van der Waals surface area contributed by atoms with Gasteiger partial charge in [-0.3, -0.25) is 0 Å². The number of ether oxygens (including phenoxy) is 2. The summed E-state index contributed by atoms with van der Waals surface area (Å²) in [5.41, 5.74) is 2.79. The van der Waals surface area contributed by atoms with E-state index < -0.39 is 0 Å². The third kappa shape index (κ3) is 3.84. The summed E-state index contributed by atoms with van der Waals surface area (Å²) in [6.07, 6.45) is 3.27. The summed E-state index contributed by atoms with van der Waals surface area (Å²) in [4.78, 5) is 12.7. The first-order valence-corrected chi connectivity index (χ1v) is 8.10. The summed E-state index contributed by atoms with van der Waals surface area (Å²) in [5, 5.41) is 13.1. The van der Waals surface area contributed by atoms with Gasteiger partial charge >= 0.3 is 0 Å². The number of methoxy groups -OCH3 is 2. The standard InChI is InChI=1S/C18H17ClN4O3/c1-25-15-9-13(7-12(10-24)17(15)26-2)22-18-21-6-4-14(23-18)11-3-5-20-16(19)8-11/h3-9,24H,10H2,1-2H3,(H,21,22,23). The molecule has 0 saturated carbocycles. The summed E-state index contributed by atoms with van der Waals surface area (Å²) >= 11 is 5.94. The predicted molar refractivity (Wildman–Crippen MR) is 99.0 cm³/mol. The Morgan fingerprint density at radius 2 is 1.88 bits per heavy atom. The average molecular weight is 373 g/mol. The number of nitrogens with zero attached hydrogens (tertiary/aromatic N) is 3. The highest BCUT2D eigenvalue weighted by Crippen LogP contribution is 2.35. The molecule has 0 aliphatic carbocycles. The number of aliphatic hydroxyl groups excluding tert-OH is 1. The first-order chi connectivity index (χ1) is 12.6. The molecule has 3 rings (SSSR count). The number of aliphatic hydroxyl groups is 1. The van der Waals surface area contributed by atoms with E-state index in [1.807, 2.05) is 6.07 Å². The Morgan fingerprint density at radius 1 is 1.08 bits per heavy atom. The van der Waals surface area contributed by atoms with E-state index in [0.717, 1.165) is 5.56 Å². The minimum Gasteiger partial charge on any atom is -0.493 e. The van der Waals surface area contributed by atoms with Crippen LogP contribution in [-0.2, 0) is 6.61 Å². The molecule has 0 bridgehead atoms. The van der Waals surface area contributed by atoms with Crippen LogP contribution in [0.3, 0.4) is 0 Å². The van der Waals surface area contributed by atoms with Crippen LogP contribution in [0.25, 0.3) is 11.3 Å². The van der Waals surface area contributed by atoms with Crippen molar-refractivity contribution in [1.82, 2.24) is 15.0 Å². The van der Waals surface area contributed by atoms with Crippen LogP contribution < -0.4 is 14.8 Å².